The van der Waals surface area contributed by atoms with Gasteiger partial charge >= 0.3 is 0 Å². The van der Waals surface area contributed by atoms with Crippen LogP contribution in [0.15, 0.2) is 12.5 Å². The van der Waals surface area contributed by atoms with Crippen molar-refractivity contribution in [3.63, 3.8) is 0 Å². The topological polar surface area (TPSA) is 29.9 Å². The van der Waals surface area contributed by atoms with E-state index in [2.05, 4.69) is 28.7 Å². The summed E-state index contributed by atoms with van der Waals surface area (Å²) in [6.45, 7) is 6.79. The van der Waals surface area contributed by atoms with Crippen molar-refractivity contribution in [2.24, 2.45) is 5.92 Å². The molecule has 1 unspecified atom stereocenters. The molecule has 1 aliphatic heterocycles. The Morgan fingerprint density at radius 2 is 2.38 bits per heavy atom. The van der Waals surface area contributed by atoms with Crippen LogP contribution in [0.2, 0.25) is 0 Å². The van der Waals surface area contributed by atoms with E-state index in [4.69, 9.17) is 0 Å². The van der Waals surface area contributed by atoms with Gasteiger partial charge in [0.15, 0.2) is 0 Å². The van der Waals surface area contributed by atoms with Gasteiger partial charge in [0.1, 0.15) is 0 Å². The van der Waals surface area contributed by atoms with Gasteiger partial charge in [-0.05, 0) is 31.7 Å². The monoisotopic (exact) mass is 221 g/mol. The zero-order chi connectivity index (χ0) is 11.4. The summed E-state index contributed by atoms with van der Waals surface area (Å²) in [5.74, 6) is 0.703. The third-order valence-corrected chi connectivity index (χ3v) is 3.25. The molecule has 3 nitrogen and oxygen atoms in total. The summed E-state index contributed by atoms with van der Waals surface area (Å²) in [6, 6.07) is 0.647. The van der Waals surface area contributed by atoms with Crippen molar-refractivity contribution in [1.29, 1.82) is 0 Å². The van der Waals surface area contributed by atoms with Crippen molar-refractivity contribution in [3.05, 3.63) is 18.2 Å². The van der Waals surface area contributed by atoms with Crippen LogP contribution in [-0.4, -0.2) is 22.1 Å². The number of rotatable bonds is 4. The molecule has 2 heterocycles. The lowest BCUT2D eigenvalue weighted by atomic mass is 10.0. The van der Waals surface area contributed by atoms with Gasteiger partial charge in [0.2, 0.25) is 0 Å². The van der Waals surface area contributed by atoms with E-state index in [1.165, 1.54) is 31.5 Å². The van der Waals surface area contributed by atoms with Gasteiger partial charge < -0.3 is 9.88 Å². The summed E-state index contributed by atoms with van der Waals surface area (Å²) in [5, 5.41) is 3.59. The van der Waals surface area contributed by atoms with Gasteiger partial charge in [-0.15, -0.1) is 0 Å². The summed E-state index contributed by atoms with van der Waals surface area (Å²) >= 11 is 0. The van der Waals surface area contributed by atoms with Crippen LogP contribution < -0.4 is 5.32 Å². The Balaban J connectivity index is 1.94. The Morgan fingerprint density at radius 3 is 3.06 bits per heavy atom. The van der Waals surface area contributed by atoms with Crippen LogP contribution in [0.1, 0.15) is 38.8 Å². The maximum absolute atomic E-state index is 4.28. The Morgan fingerprint density at radius 1 is 1.50 bits per heavy atom. The highest BCUT2D eigenvalue weighted by molar-refractivity contribution is 5.00. The van der Waals surface area contributed by atoms with Crippen LogP contribution in [0.5, 0.6) is 0 Å². The van der Waals surface area contributed by atoms with Gasteiger partial charge in [-0.1, -0.05) is 20.3 Å². The second kappa shape index (κ2) is 5.48. The minimum atomic E-state index is 0.647. The molecular formula is C13H23N3. The predicted molar refractivity (Wildman–Crippen MR) is 66.4 cm³/mol. The van der Waals surface area contributed by atoms with Crippen molar-refractivity contribution < 1.29 is 0 Å². The molecule has 90 valence electrons. The number of nitrogens with one attached hydrogen (secondary N) is 1. The Labute approximate surface area is 98.3 Å². The maximum atomic E-state index is 4.28. The van der Waals surface area contributed by atoms with Crippen molar-refractivity contribution in [3.8, 4) is 0 Å². The lowest BCUT2D eigenvalue weighted by Crippen LogP contribution is -2.37. The van der Waals surface area contributed by atoms with E-state index >= 15 is 0 Å². The molecule has 0 bridgehead atoms. The van der Waals surface area contributed by atoms with Gasteiger partial charge in [0.25, 0.3) is 0 Å². The molecule has 1 aliphatic rings. The van der Waals surface area contributed by atoms with Crippen molar-refractivity contribution in [2.45, 2.75) is 52.1 Å². The van der Waals surface area contributed by atoms with Crippen LogP contribution in [-0.2, 0) is 13.0 Å². The minimum absolute atomic E-state index is 0.647. The van der Waals surface area contributed by atoms with Gasteiger partial charge in [-0.2, -0.15) is 0 Å². The summed E-state index contributed by atoms with van der Waals surface area (Å²) in [5.41, 5.74) is 1.38. The number of nitrogens with zero attached hydrogens (tertiary/aromatic N) is 2. The van der Waals surface area contributed by atoms with Gasteiger partial charge in [-0.3, -0.25) is 0 Å². The molecule has 1 atom stereocenters. The fourth-order valence-corrected chi connectivity index (χ4v) is 2.42. The molecule has 0 radical (unpaired) electrons. The zero-order valence-corrected chi connectivity index (χ0v) is 10.4. The standard InChI is InChI=1S/C13H23N3/c1-11(2)7-13-8-14-10-16(13)9-12-5-3-4-6-15-12/h8,10-12,15H,3-7,9H2,1-2H3. The highest BCUT2D eigenvalue weighted by atomic mass is 15.1. The molecule has 16 heavy (non-hydrogen) atoms. The van der Waals surface area contributed by atoms with E-state index in [1.54, 1.807) is 0 Å². The largest absolute Gasteiger partial charge is 0.333 e. The number of aromatic nitrogens is 2. The molecule has 1 fully saturated rings. The molecule has 0 amide bonds. The van der Waals surface area contributed by atoms with E-state index in [-0.39, 0.29) is 0 Å². The van der Waals surface area contributed by atoms with Gasteiger partial charge in [-0.25, -0.2) is 4.98 Å². The lowest BCUT2D eigenvalue weighted by molar-refractivity contribution is 0.358. The number of imidazole rings is 1. The van der Waals surface area contributed by atoms with Crippen LogP contribution in [0.3, 0.4) is 0 Å². The SMILES string of the molecule is CC(C)Cc1cncn1CC1CCCCN1. The fraction of sp³-hybridized carbons (Fsp3) is 0.769. The Hall–Kier alpha value is -0.830. The molecule has 1 aromatic heterocycles. The average molecular weight is 221 g/mol. The molecule has 3 heteroatoms. The van der Waals surface area contributed by atoms with Crippen LogP contribution >= 0.6 is 0 Å². The summed E-state index contributed by atoms with van der Waals surface area (Å²) in [4.78, 5) is 4.28. The second-order valence-corrected chi connectivity index (χ2v) is 5.28. The normalized spacial score (nSPS) is 21.6. The highest BCUT2D eigenvalue weighted by Crippen LogP contribution is 2.12. The molecule has 0 saturated carbocycles. The van der Waals surface area contributed by atoms with E-state index in [1.807, 2.05) is 12.5 Å². The second-order valence-electron chi connectivity index (χ2n) is 5.28. The van der Waals surface area contributed by atoms with Crippen molar-refractivity contribution in [2.75, 3.05) is 6.54 Å². The lowest BCUT2D eigenvalue weighted by Gasteiger charge is -2.24. The summed E-state index contributed by atoms with van der Waals surface area (Å²) in [7, 11) is 0. The number of piperidine rings is 1. The van der Waals surface area contributed by atoms with Crippen LogP contribution in [0.25, 0.3) is 0 Å². The van der Waals surface area contributed by atoms with Crippen LogP contribution in [0, 0.1) is 5.92 Å². The molecule has 2 rings (SSSR count). The minimum Gasteiger partial charge on any atom is -0.333 e. The molecule has 0 aliphatic carbocycles. The third kappa shape index (κ3) is 3.08. The quantitative estimate of drug-likeness (QED) is 0.845. The molecule has 1 N–H and O–H groups in total. The van der Waals surface area contributed by atoms with E-state index in [0.717, 1.165) is 13.0 Å². The van der Waals surface area contributed by atoms with Gasteiger partial charge in [0.05, 0.1) is 6.33 Å². The summed E-state index contributed by atoms with van der Waals surface area (Å²) < 4.78 is 2.32. The van der Waals surface area contributed by atoms with Crippen molar-refractivity contribution >= 4 is 0 Å². The van der Waals surface area contributed by atoms with Crippen LogP contribution in [0.4, 0.5) is 0 Å². The predicted octanol–water partition coefficient (Wildman–Crippen LogP) is 2.22. The first-order valence-corrected chi connectivity index (χ1v) is 6.48. The first-order valence-electron chi connectivity index (χ1n) is 6.48. The summed E-state index contributed by atoms with van der Waals surface area (Å²) in [6.07, 6.45) is 9.13. The average Bonchev–Trinajstić information content (AvgIpc) is 2.66. The number of hydrogen-bond acceptors (Lipinski definition) is 2. The van der Waals surface area contributed by atoms with E-state index in [9.17, 15) is 0 Å². The Bertz CT molecular complexity index is 311. The first-order chi connectivity index (χ1) is 7.75. The molecule has 0 spiro atoms. The molecule has 1 saturated heterocycles. The smallest absolute Gasteiger partial charge is 0.0948 e. The maximum Gasteiger partial charge on any atom is 0.0948 e. The Kier molecular flexibility index (Phi) is 3.99. The van der Waals surface area contributed by atoms with Gasteiger partial charge in [0, 0.05) is 24.5 Å². The first kappa shape index (κ1) is 11.6. The van der Waals surface area contributed by atoms with E-state index < -0.39 is 0 Å². The third-order valence-electron chi connectivity index (χ3n) is 3.25. The molecule has 0 aromatic carbocycles. The zero-order valence-electron chi connectivity index (χ0n) is 10.4. The molecule has 1 aromatic rings. The highest BCUT2D eigenvalue weighted by Gasteiger charge is 2.14. The number of hydrogen-bond donors (Lipinski definition) is 1. The van der Waals surface area contributed by atoms with Crippen molar-refractivity contribution in [1.82, 2.24) is 14.9 Å². The fourth-order valence-electron chi connectivity index (χ4n) is 2.42. The van der Waals surface area contributed by atoms with E-state index in [0.29, 0.717) is 12.0 Å². The molecular weight excluding hydrogens is 198 g/mol.